The Bertz CT molecular complexity index is 734. The van der Waals surface area contributed by atoms with E-state index in [-0.39, 0.29) is 5.78 Å². The summed E-state index contributed by atoms with van der Waals surface area (Å²) in [6.07, 6.45) is -5.51. The summed E-state index contributed by atoms with van der Waals surface area (Å²) in [5, 5.41) is 10.5. The van der Waals surface area contributed by atoms with Gasteiger partial charge in [-0.1, -0.05) is 36.4 Å². The number of carbonyl (C=O) groups excluding carboxylic acids is 1. The van der Waals surface area contributed by atoms with E-state index in [4.69, 9.17) is 0 Å². The zero-order valence-corrected chi connectivity index (χ0v) is 11.7. The Labute approximate surface area is 125 Å². The van der Waals surface area contributed by atoms with E-state index in [1.807, 2.05) is 0 Å². The maximum Gasteiger partial charge on any atom is 0.416 e. The zero-order chi connectivity index (χ0) is 16.1. The van der Waals surface area contributed by atoms with E-state index in [2.05, 4.69) is 0 Å². The lowest BCUT2D eigenvalue weighted by molar-refractivity contribution is -0.137. The Morgan fingerprint density at radius 3 is 2.18 bits per heavy atom. The number of alkyl halides is 3. The molecule has 0 radical (unpaired) electrons. The van der Waals surface area contributed by atoms with Gasteiger partial charge in [-0.2, -0.15) is 13.2 Å². The van der Waals surface area contributed by atoms with Crippen molar-refractivity contribution in [3.8, 4) is 0 Å². The SMILES string of the molecule is CC1(c2ccc(C(F)(F)F)cc2)C(=O)c2ccccc2C1O. The lowest BCUT2D eigenvalue weighted by atomic mass is 9.77. The van der Waals surface area contributed by atoms with E-state index in [0.717, 1.165) is 12.1 Å². The molecule has 2 nitrogen and oxygen atoms in total. The van der Waals surface area contributed by atoms with Crippen molar-refractivity contribution in [2.75, 3.05) is 0 Å². The molecular formula is C17H13F3O2. The van der Waals surface area contributed by atoms with Gasteiger partial charge in [-0.15, -0.1) is 0 Å². The van der Waals surface area contributed by atoms with Crippen LogP contribution in [0.25, 0.3) is 0 Å². The minimum atomic E-state index is -4.43. The Kier molecular flexibility index (Phi) is 3.14. The highest BCUT2D eigenvalue weighted by atomic mass is 19.4. The van der Waals surface area contributed by atoms with Crippen molar-refractivity contribution in [3.05, 3.63) is 70.8 Å². The first-order valence-electron chi connectivity index (χ1n) is 6.76. The zero-order valence-electron chi connectivity index (χ0n) is 11.7. The van der Waals surface area contributed by atoms with Gasteiger partial charge in [0.25, 0.3) is 0 Å². The fraction of sp³-hybridized carbons (Fsp3) is 0.235. The van der Waals surface area contributed by atoms with Crippen LogP contribution in [0.5, 0.6) is 0 Å². The third-order valence-corrected chi connectivity index (χ3v) is 4.33. The van der Waals surface area contributed by atoms with Gasteiger partial charge in [0.2, 0.25) is 0 Å². The molecule has 0 bridgehead atoms. The summed E-state index contributed by atoms with van der Waals surface area (Å²) in [6.45, 7) is 1.56. The number of rotatable bonds is 1. The molecule has 0 fully saturated rings. The highest BCUT2D eigenvalue weighted by Gasteiger charge is 2.50. The molecule has 0 saturated carbocycles. The first kappa shape index (κ1) is 14.8. The Morgan fingerprint density at radius 2 is 1.64 bits per heavy atom. The number of benzene rings is 2. The number of ketones is 1. The first-order valence-corrected chi connectivity index (χ1v) is 6.76. The summed E-state index contributed by atoms with van der Waals surface area (Å²) in [4.78, 5) is 12.6. The predicted octanol–water partition coefficient (Wildman–Crippen LogP) is 3.89. The molecule has 114 valence electrons. The molecule has 2 atom stereocenters. The summed E-state index contributed by atoms with van der Waals surface area (Å²) < 4.78 is 37.9. The van der Waals surface area contributed by atoms with Gasteiger partial charge in [0.1, 0.15) is 0 Å². The average molecular weight is 306 g/mol. The van der Waals surface area contributed by atoms with Crippen LogP contribution in [-0.2, 0) is 11.6 Å². The van der Waals surface area contributed by atoms with E-state index >= 15 is 0 Å². The number of hydrogen-bond acceptors (Lipinski definition) is 2. The maximum atomic E-state index is 12.6. The molecule has 0 amide bonds. The second kappa shape index (κ2) is 4.68. The molecule has 5 heteroatoms. The molecule has 2 unspecified atom stereocenters. The molecule has 0 heterocycles. The second-order valence-corrected chi connectivity index (χ2v) is 5.60. The average Bonchev–Trinajstić information content (AvgIpc) is 2.70. The second-order valence-electron chi connectivity index (χ2n) is 5.60. The highest BCUT2D eigenvalue weighted by molar-refractivity contribution is 6.08. The van der Waals surface area contributed by atoms with Crippen molar-refractivity contribution < 1.29 is 23.1 Å². The number of Topliss-reactive ketones (excluding diaryl/α,β-unsaturated/α-hetero) is 1. The fourth-order valence-electron chi connectivity index (χ4n) is 2.95. The van der Waals surface area contributed by atoms with Crippen molar-refractivity contribution in [1.29, 1.82) is 0 Å². The van der Waals surface area contributed by atoms with Crippen molar-refractivity contribution in [3.63, 3.8) is 0 Å². The molecular weight excluding hydrogens is 293 g/mol. The predicted molar refractivity (Wildman–Crippen MR) is 74.5 cm³/mol. The minimum absolute atomic E-state index is 0.282. The van der Waals surface area contributed by atoms with Crippen LogP contribution in [0.3, 0.4) is 0 Å². The van der Waals surface area contributed by atoms with Crippen LogP contribution in [0.4, 0.5) is 13.2 Å². The molecule has 0 aromatic heterocycles. The number of carbonyl (C=O) groups is 1. The van der Waals surface area contributed by atoms with Gasteiger partial charge in [0.15, 0.2) is 5.78 Å². The normalized spacial score (nSPS) is 24.4. The monoisotopic (exact) mass is 306 g/mol. The Hall–Kier alpha value is -2.14. The van der Waals surface area contributed by atoms with E-state index in [1.54, 1.807) is 31.2 Å². The van der Waals surface area contributed by atoms with Crippen molar-refractivity contribution in [2.45, 2.75) is 24.6 Å². The summed E-state index contributed by atoms with van der Waals surface area (Å²) in [5.74, 6) is -0.282. The summed E-state index contributed by atoms with van der Waals surface area (Å²) >= 11 is 0. The van der Waals surface area contributed by atoms with Gasteiger partial charge in [-0.3, -0.25) is 4.79 Å². The van der Waals surface area contributed by atoms with Crippen LogP contribution in [0.1, 0.15) is 40.1 Å². The number of hydrogen-bond donors (Lipinski definition) is 1. The van der Waals surface area contributed by atoms with Gasteiger partial charge in [0.05, 0.1) is 17.1 Å². The Balaban J connectivity index is 2.07. The molecule has 2 aromatic carbocycles. The van der Waals surface area contributed by atoms with Crippen LogP contribution in [0.15, 0.2) is 48.5 Å². The lowest BCUT2D eigenvalue weighted by Crippen LogP contribution is -2.33. The summed E-state index contributed by atoms with van der Waals surface area (Å²) in [5.41, 5.74) is -0.757. The van der Waals surface area contributed by atoms with E-state index in [9.17, 15) is 23.1 Å². The quantitative estimate of drug-likeness (QED) is 0.868. The fourth-order valence-corrected chi connectivity index (χ4v) is 2.95. The molecule has 0 aliphatic heterocycles. The molecule has 22 heavy (non-hydrogen) atoms. The van der Waals surface area contributed by atoms with Crippen LogP contribution in [0, 0.1) is 0 Å². The Morgan fingerprint density at radius 1 is 1.05 bits per heavy atom. The molecule has 2 aromatic rings. The van der Waals surface area contributed by atoms with Gasteiger partial charge in [0, 0.05) is 5.56 Å². The number of aliphatic hydroxyl groups is 1. The number of fused-ring (bicyclic) bond motifs is 1. The van der Waals surface area contributed by atoms with Crippen LogP contribution in [0.2, 0.25) is 0 Å². The van der Waals surface area contributed by atoms with Crippen molar-refractivity contribution >= 4 is 5.78 Å². The van der Waals surface area contributed by atoms with Crippen LogP contribution in [-0.4, -0.2) is 10.9 Å². The molecule has 0 saturated heterocycles. The van der Waals surface area contributed by atoms with Crippen molar-refractivity contribution in [2.24, 2.45) is 0 Å². The third-order valence-electron chi connectivity index (χ3n) is 4.33. The topological polar surface area (TPSA) is 37.3 Å². The van der Waals surface area contributed by atoms with Gasteiger partial charge >= 0.3 is 6.18 Å². The standard InChI is InChI=1S/C17H13F3O2/c1-16(10-6-8-11(9-7-10)17(18,19)20)14(21)12-4-2-3-5-13(12)15(16)22/h2-9,14,21H,1H3. The molecule has 1 aliphatic carbocycles. The third kappa shape index (κ3) is 1.96. The largest absolute Gasteiger partial charge is 0.416 e. The van der Waals surface area contributed by atoms with E-state index in [1.165, 1.54) is 12.1 Å². The lowest BCUT2D eigenvalue weighted by Gasteiger charge is -2.27. The summed E-state index contributed by atoms with van der Waals surface area (Å²) in [6, 6.07) is 11.1. The number of aliphatic hydroxyl groups excluding tert-OH is 1. The van der Waals surface area contributed by atoms with Crippen LogP contribution < -0.4 is 0 Å². The smallest absolute Gasteiger partial charge is 0.387 e. The summed E-state index contributed by atoms with van der Waals surface area (Å²) in [7, 11) is 0. The van der Waals surface area contributed by atoms with Crippen molar-refractivity contribution in [1.82, 2.24) is 0 Å². The number of halogens is 3. The molecule has 1 aliphatic rings. The molecule has 0 spiro atoms. The molecule has 3 rings (SSSR count). The highest BCUT2D eigenvalue weighted by Crippen LogP contribution is 2.47. The van der Waals surface area contributed by atoms with E-state index in [0.29, 0.717) is 16.7 Å². The van der Waals surface area contributed by atoms with E-state index < -0.39 is 23.3 Å². The van der Waals surface area contributed by atoms with Crippen LogP contribution >= 0.6 is 0 Å². The maximum absolute atomic E-state index is 12.6. The van der Waals surface area contributed by atoms with Gasteiger partial charge in [-0.05, 0) is 30.2 Å². The minimum Gasteiger partial charge on any atom is -0.387 e. The molecule has 1 N–H and O–H groups in total. The van der Waals surface area contributed by atoms with Gasteiger partial charge < -0.3 is 5.11 Å². The first-order chi connectivity index (χ1) is 10.3. The van der Waals surface area contributed by atoms with Gasteiger partial charge in [-0.25, -0.2) is 0 Å².